The number of hydrogen-bond donors (Lipinski definition) is 0. The van der Waals surface area contributed by atoms with Crippen LogP contribution in [0.25, 0.3) is 10.9 Å². The molecule has 78 valence electrons. The molecule has 0 N–H and O–H groups in total. The first-order chi connectivity index (χ1) is 7.34. The van der Waals surface area contributed by atoms with E-state index in [4.69, 9.17) is 0 Å². The minimum absolute atomic E-state index is 0.785. The highest BCUT2D eigenvalue weighted by Crippen LogP contribution is 2.18. The van der Waals surface area contributed by atoms with Gasteiger partial charge in [-0.2, -0.15) is 9.89 Å². The quantitative estimate of drug-likeness (QED) is 0.703. The Kier molecular flexibility index (Phi) is 1.91. The van der Waals surface area contributed by atoms with Crippen molar-refractivity contribution < 1.29 is 0 Å². The normalized spacial score (nSPS) is 21.4. The van der Waals surface area contributed by atoms with Gasteiger partial charge in [0, 0.05) is 18.5 Å². The second-order valence-electron chi connectivity index (χ2n) is 4.40. The summed E-state index contributed by atoms with van der Waals surface area (Å²) in [4.78, 5) is 2.05. The van der Waals surface area contributed by atoms with Crippen LogP contribution in [0.4, 0.5) is 0 Å². The number of rotatable bonds is 1. The molecule has 3 nitrogen and oxygen atoms in total. The predicted octanol–water partition coefficient (Wildman–Crippen LogP) is 2.01. The molecule has 1 aliphatic rings. The van der Waals surface area contributed by atoms with Crippen LogP contribution in [0.5, 0.6) is 0 Å². The van der Waals surface area contributed by atoms with E-state index in [0.29, 0.717) is 0 Å². The Morgan fingerprint density at radius 2 is 2.20 bits per heavy atom. The molecule has 1 saturated heterocycles. The molecular formula is C12H15N3. The van der Waals surface area contributed by atoms with Crippen LogP contribution >= 0.6 is 0 Å². The molecule has 15 heavy (non-hydrogen) atoms. The van der Waals surface area contributed by atoms with Crippen LogP contribution in [0, 0.1) is 5.92 Å². The van der Waals surface area contributed by atoms with Gasteiger partial charge in [0.1, 0.15) is 0 Å². The van der Waals surface area contributed by atoms with E-state index in [2.05, 4.69) is 46.1 Å². The average Bonchev–Trinajstić information content (AvgIpc) is 2.83. The molecule has 1 fully saturated rings. The molecule has 0 saturated carbocycles. The highest BCUT2D eigenvalue weighted by molar-refractivity contribution is 5.78. The Labute approximate surface area is 89.3 Å². The summed E-state index contributed by atoms with van der Waals surface area (Å²) in [6.45, 7) is 4.53. The monoisotopic (exact) mass is 201 g/mol. The van der Waals surface area contributed by atoms with Crippen LogP contribution in [0.1, 0.15) is 13.3 Å². The standard InChI is InChI=1S/C12H15N3/c1-10-6-7-14(9-10)15-12-5-3-2-4-11(12)8-13-15/h2-5,8,10H,6-7,9H2,1H3. The largest absolute Gasteiger partial charge is 0.296 e. The van der Waals surface area contributed by atoms with Gasteiger partial charge in [-0.1, -0.05) is 25.1 Å². The summed E-state index contributed by atoms with van der Waals surface area (Å²) < 4.78 is 0. The SMILES string of the molecule is CC1CCN(n2ncc3ccccc32)C1. The number of aromatic nitrogens is 2. The fourth-order valence-corrected chi connectivity index (χ4v) is 2.27. The molecule has 0 bridgehead atoms. The fourth-order valence-electron chi connectivity index (χ4n) is 2.27. The zero-order valence-corrected chi connectivity index (χ0v) is 8.93. The summed E-state index contributed by atoms with van der Waals surface area (Å²) in [5, 5.41) is 8.00. The lowest BCUT2D eigenvalue weighted by atomic mass is 10.2. The molecule has 0 radical (unpaired) electrons. The minimum Gasteiger partial charge on any atom is -0.296 e. The Hall–Kier alpha value is -1.51. The van der Waals surface area contributed by atoms with Gasteiger partial charge in [0.15, 0.2) is 0 Å². The van der Waals surface area contributed by atoms with Gasteiger partial charge in [-0.3, -0.25) is 5.01 Å². The molecule has 1 aliphatic heterocycles. The molecule has 1 unspecified atom stereocenters. The van der Waals surface area contributed by atoms with E-state index in [-0.39, 0.29) is 0 Å². The topological polar surface area (TPSA) is 21.1 Å². The molecule has 0 aliphatic carbocycles. The van der Waals surface area contributed by atoms with Crippen LogP contribution in [0.3, 0.4) is 0 Å². The molecule has 0 amide bonds. The zero-order chi connectivity index (χ0) is 10.3. The molecule has 3 rings (SSSR count). The van der Waals surface area contributed by atoms with Crippen LogP contribution in [0.15, 0.2) is 30.5 Å². The Morgan fingerprint density at radius 1 is 1.33 bits per heavy atom. The molecule has 3 heteroatoms. The third-order valence-electron chi connectivity index (χ3n) is 3.13. The van der Waals surface area contributed by atoms with Crippen molar-refractivity contribution in [2.45, 2.75) is 13.3 Å². The summed E-state index contributed by atoms with van der Waals surface area (Å²) in [5.41, 5.74) is 1.21. The molecule has 1 aromatic carbocycles. The van der Waals surface area contributed by atoms with Crippen molar-refractivity contribution in [1.82, 2.24) is 9.89 Å². The Bertz CT molecular complexity index is 474. The van der Waals surface area contributed by atoms with Crippen molar-refractivity contribution in [1.29, 1.82) is 0 Å². The molecule has 0 spiro atoms. The van der Waals surface area contributed by atoms with Crippen LogP contribution in [-0.4, -0.2) is 23.0 Å². The van der Waals surface area contributed by atoms with Crippen molar-refractivity contribution in [3.8, 4) is 0 Å². The van der Waals surface area contributed by atoms with Crippen molar-refractivity contribution in [3.05, 3.63) is 30.5 Å². The number of benzene rings is 1. The minimum atomic E-state index is 0.785. The van der Waals surface area contributed by atoms with Gasteiger partial charge < -0.3 is 0 Å². The van der Waals surface area contributed by atoms with Crippen molar-refractivity contribution >= 4 is 10.9 Å². The predicted molar refractivity (Wildman–Crippen MR) is 61.5 cm³/mol. The summed E-state index contributed by atoms with van der Waals surface area (Å²) in [6, 6.07) is 8.37. The van der Waals surface area contributed by atoms with Crippen molar-refractivity contribution in [3.63, 3.8) is 0 Å². The van der Waals surface area contributed by atoms with Crippen LogP contribution in [-0.2, 0) is 0 Å². The second-order valence-corrected chi connectivity index (χ2v) is 4.40. The van der Waals surface area contributed by atoms with E-state index < -0.39 is 0 Å². The third kappa shape index (κ3) is 1.39. The lowest BCUT2D eigenvalue weighted by molar-refractivity contribution is 0.583. The number of nitrogens with zero attached hydrogens (tertiary/aromatic N) is 3. The van der Waals surface area contributed by atoms with E-state index in [1.165, 1.54) is 17.3 Å². The van der Waals surface area contributed by atoms with E-state index in [9.17, 15) is 0 Å². The second kappa shape index (κ2) is 3.26. The Morgan fingerprint density at radius 3 is 3.00 bits per heavy atom. The maximum absolute atomic E-state index is 4.45. The van der Waals surface area contributed by atoms with Crippen LogP contribution in [0.2, 0.25) is 0 Å². The van der Waals surface area contributed by atoms with Gasteiger partial charge in [-0.15, -0.1) is 0 Å². The lowest BCUT2D eigenvalue weighted by Gasteiger charge is -2.18. The summed E-state index contributed by atoms with van der Waals surface area (Å²) >= 11 is 0. The van der Waals surface area contributed by atoms with Gasteiger partial charge in [0.25, 0.3) is 0 Å². The molecule has 2 aromatic rings. The molecule has 1 aromatic heterocycles. The van der Waals surface area contributed by atoms with E-state index in [0.717, 1.165) is 19.0 Å². The van der Waals surface area contributed by atoms with E-state index in [1.54, 1.807) is 0 Å². The smallest absolute Gasteiger partial charge is 0.0920 e. The maximum atomic E-state index is 4.45. The fraction of sp³-hybridized carbons (Fsp3) is 0.417. The van der Waals surface area contributed by atoms with E-state index >= 15 is 0 Å². The van der Waals surface area contributed by atoms with Gasteiger partial charge in [-0.05, 0) is 18.4 Å². The van der Waals surface area contributed by atoms with Gasteiger partial charge in [0.2, 0.25) is 0 Å². The maximum Gasteiger partial charge on any atom is 0.0920 e. The zero-order valence-electron chi connectivity index (χ0n) is 8.93. The van der Waals surface area contributed by atoms with Gasteiger partial charge >= 0.3 is 0 Å². The Balaban J connectivity index is 2.04. The molecule has 2 heterocycles. The molecule has 1 atom stereocenters. The van der Waals surface area contributed by atoms with Crippen LogP contribution < -0.4 is 5.01 Å². The number of para-hydroxylation sites is 1. The summed E-state index contributed by atoms with van der Waals surface area (Å²) in [6.07, 6.45) is 3.21. The van der Waals surface area contributed by atoms with E-state index in [1.807, 2.05) is 6.20 Å². The first-order valence-corrected chi connectivity index (χ1v) is 5.52. The molecular weight excluding hydrogens is 186 g/mol. The number of fused-ring (bicyclic) bond motifs is 1. The van der Waals surface area contributed by atoms with Gasteiger partial charge in [-0.25, -0.2) is 0 Å². The highest BCUT2D eigenvalue weighted by atomic mass is 15.7. The first kappa shape index (κ1) is 8.77. The summed E-state index contributed by atoms with van der Waals surface area (Å²) in [7, 11) is 0. The number of hydrogen-bond acceptors (Lipinski definition) is 2. The van der Waals surface area contributed by atoms with Crippen molar-refractivity contribution in [2.75, 3.05) is 18.1 Å². The average molecular weight is 201 g/mol. The van der Waals surface area contributed by atoms with Crippen molar-refractivity contribution in [2.24, 2.45) is 5.92 Å². The highest BCUT2D eigenvalue weighted by Gasteiger charge is 2.20. The summed E-state index contributed by atoms with van der Waals surface area (Å²) in [5.74, 6) is 0.785. The third-order valence-corrected chi connectivity index (χ3v) is 3.13. The lowest BCUT2D eigenvalue weighted by Crippen LogP contribution is -2.32. The first-order valence-electron chi connectivity index (χ1n) is 5.52. The van der Waals surface area contributed by atoms with Gasteiger partial charge in [0.05, 0.1) is 11.7 Å².